The third kappa shape index (κ3) is 3.96. The maximum Gasteiger partial charge on any atom is 0.0101 e. The van der Waals surface area contributed by atoms with E-state index in [-0.39, 0.29) is 5.54 Å². The first-order valence-corrected chi connectivity index (χ1v) is 7.74. The molecule has 2 rings (SSSR count). The fourth-order valence-corrected chi connectivity index (χ4v) is 3.52. The summed E-state index contributed by atoms with van der Waals surface area (Å²) in [5.74, 6) is 0.868. The number of hydrogen-bond acceptors (Lipinski definition) is 2. The summed E-state index contributed by atoms with van der Waals surface area (Å²) in [5.41, 5.74) is 0.856. The third-order valence-corrected chi connectivity index (χ3v) is 4.70. The van der Waals surface area contributed by atoms with Crippen LogP contribution in [0.15, 0.2) is 0 Å². The lowest BCUT2D eigenvalue weighted by Gasteiger charge is -2.27. The van der Waals surface area contributed by atoms with Crippen molar-refractivity contribution in [3.63, 3.8) is 0 Å². The third-order valence-electron chi connectivity index (χ3n) is 4.70. The zero-order valence-electron chi connectivity index (χ0n) is 13.1. The van der Waals surface area contributed by atoms with E-state index < -0.39 is 0 Å². The van der Waals surface area contributed by atoms with E-state index in [0.29, 0.717) is 5.41 Å². The lowest BCUT2D eigenvalue weighted by Crippen LogP contribution is -2.40. The number of rotatable bonds is 3. The molecule has 1 heterocycles. The molecule has 1 saturated heterocycles. The molecule has 1 saturated carbocycles. The van der Waals surface area contributed by atoms with Gasteiger partial charge >= 0.3 is 0 Å². The first-order chi connectivity index (χ1) is 8.25. The maximum absolute atomic E-state index is 3.66. The van der Waals surface area contributed by atoms with Crippen LogP contribution in [0, 0.1) is 11.3 Å². The van der Waals surface area contributed by atoms with E-state index in [1.165, 1.54) is 45.3 Å². The van der Waals surface area contributed by atoms with Gasteiger partial charge in [-0.3, -0.25) is 0 Å². The van der Waals surface area contributed by atoms with Crippen LogP contribution in [0.4, 0.5) is 0 Å². The van der Waals surface area contributed by atoms with Crippen molar-refractivity contribution < 1.29 is 0 Å². The van der Waals surface area contributed by atoms with E-state index in [1.54, 1.807) is 0 Å². The molecule has 0 bridgehead atoms. The Morgan fingerprint density at radius 1 is 1.22 bits per heavy atom. The smallest absolute Gasteiger partial charge is 0.0101 e. The Balaban J connectivity index is 1.75. The number of hydrogen-bond donors (Lipinski definition) is 1. The minimum absolute atomic E-state index is 0.267. The van der Waals surface area contributed by atoms with Gasteiger partial charge in [-0.05, 0) is 70.9 Å². The summed E-state index contributed by atoms with van der Waals surface area (Å²) < 4.78 is 0. The molecule has 18 heavy (non-hydrogen) atoms. The normalized spacial score (nSPS) is 33.2. The molecule has 1 aliphatic carbocycles. The Morgan fingerprint density at radius 2 is 1.94 bits per heavy atom. The molecular weight excluding hydrogens is 220 g/mol. The van der Waals surface area contributed by atoms with Gasteiger partial charge in [0.2, 0.25) is 0 Å². The second-order valence-electron chi connectivity index (χ2n) is 8.34. The molecule has 2 atom stereocenters. The standard InChI is InChI=1S/C16H32N2/c1-15(2,3)17-11-13-7-9-18(12-13)14-6-8-16(4,5)10-14/h13-14,17H,6-12H2,1-5H3. The molecule has 2 nitrogen and oxygen atoms in total. The maximum atomic E-state index is 3.66. The average Bonchev–Trinajstić information content (AvgIpc) is 2.80. The molecule has 0 radical (unpaired) electrons. The van der Waals surface area contributed by atoms with Crippen molar-refractivity contribution >= 4 is 0 Å². The van der Waals surface area contributed by atoms with E-state index in [9.17, 15) is 0 Å². The van der Waals surface area contributed by atoms with E-state index in [0.717, 1.165) is 12.0 Å². The highest BCUT2D eigenvalue weighted by atomic mass is 15.2. The van der Waals surface area contributed by atoms with E-state index in [4.69, 9.17) is 0 Å². The Hall–Kier alpha value is -0.0800. The lowest BCUT2D eigenvalue weighted by molar-refractivity contribution is 0.218. The summed E-state index contributed by atoms with van der Waals surface area (Å²) in [4.78, 5) is 2.77. The zero-order chi connectivity index (χ0) is 13.4. The van der Waals surface area contributed by atoms with Gasteiger partial charge < -0.3 is 10.2 Å². The Kier molecular flexibility index (Phi) is 4.08. The first-order valence-electron chi connectivity index (χ1n) is 7.74. The summed E-state index contributed by atoms with van der Waals surface area (Å²) in [6, 6.07) is 0.875. The van der Waals surface area contributed by atoms with Crippen LogP contribution in [0.5, 0.6) is 0 Å². The largest absolute Gasteiger partial charge is 0.312 e. The molecule has 2 heteroatoms. The highest BCUT2D eigenvalue weighted by Gasteiger charge is 2.37. The molecule has 2 unspecified atom stereocenters. The van der Waals surface area contributed by atoms with Crippen molar-refractivity contribution in [1.29, 1.82) is 0 Å². The molecule has 0 spiro atoms. The fraction of sp³-hybridized carbons (Fsp3) is 1.00. The van der Waals surface area contributed by atoms with Crippen LogP contribution in [0.2, 0.25) is 0 Å². The van der Waals surface area contributed by atoms with Gasteiger partial charge in [-0.15, -0.1) is 0 Å². The van der Waals surface area contributed by atoms with Crippen molar-refractivity contribution in [3.8, 4) is 0 Å². The predicted molar refractivity (Wildman–Crippen MR) is 78.9 cm³/mol. The minimum atomic E-state index is 0.267. The summed E-state index contributed by atoms with van der Waals surface area (Å²) in [6.07, 6.45) is 5.64. The summed E-state index contributed by atoms with van der Waals surface area (Å²) in [7, 11) is 0. The lowest BCUT2D eigenvalue weighted by atomic mass is 9.91. The highest BCUT2D eigenvalue weighted by molar-refractivity contribution is 4.91. The van der Waals surface area contributed by atoms with Gasteiger partial charge in [0.15, 0.2) is 0 Å². The molecule has 0 aromatic heterocycles. The van der Waals surface area contributed by atoms with Gasteiger partial charge in [0.1, 0.15) is 0 Å². The molecule has 1 N–H and O–H groups in total. The van der Waals surface area contributed by atoms with Crippen molar-refractivity contribution in [2.24, 2.45) is 11.3 Å². The van der Waals surface area contributed by atoms with Gasteiger partial charge in [0.05, 0.1) is 0 Å². The summed E-state index contributed by atoms with van der Waals surface area (Å²) in [5, 5.41) is 3.66. The van der Waals surface area contributed by atoms with Crippen molar-refractivity contribution in [2.45, 2.75) is 71.9 Å². The second kappa shape index (κ2) is 5.13. The van der Waals surface area contributed by atoms with Crippen molar-refractivity contribution in [3.05, 3.63) is 0 Å². The van der Waals surface area contributed by atoms with Gasteiger partial charge in [0, 0.05) is 18.1 Å². The fourth-order valence-electron chi connectivity index (χ4n) is 3.52. The summed E-state index contributed by atoms with van der Waals surface area (Å²) >= 11 is 0. The van der Waals surface area contributed by atoms with Crippen LogP contribution < -0.4 is 5.32 Å². The van der Waals surface area contributed by atoms with Gasteiger partial charge in [-0.1, -0.05) is 13.8 Å². The molecule has 0 aromatic rings. The molecule has 2 fully saturated rings. The quantitative estimate of drug-likeness (QED) is 0.829. The van der Waals surface area contributed by atoms with Crippen LogP contribution in [0.1, 0.15) is 60.3 Å². The van der Waals surface area contributed by atoms with Crippen LogP contribution in [-0.2, 0) is 0 Å². The van der Waals surface area contributed by atoms with Crippen LogP contribution in [0.3, 0.4) is 0 Å². The van der Waals surface area contributed by atoms with E-state index in [2.05, 4.69) is 44.8 Å². The minimum Gasteiger partial charge on any atom is -0.312 e. The van der Waals surface area contributed by atoms with E-state index >= 15 is 0 Å². The average molecular weight is 252 g/mol. The Morgan fingerprint density at radius 3 is 2.50 bits per heavy atom. The van der Waals surface area contributed by atoms with Gasteiger partial charge in [0.25, 0.3) is 0 Å². The second-order valence-corrected chi connectivity index (χ2v) is 8.34. The molecule has 0 aromatic carbocycles. The van der Waals surface area contributed by atoms with E-state index in [1.807, 2.05) is 0 Å². The van der Waals surface area contributed by atoms with Crippen LogP contribution >= 0.6 is 0 Å². The molecule has 106 valence electrons. The number of likely N-dealkylation sites (tertiary alicyclic amines) is 1. The van der Waals surface area contributed by atoms with Crippen molar-refractivity contribution in [1.82, 2.24) is 10.2 Å². The first kappa shape index (κ1) is 14.3. The van der Waals surface area contributed by atoms with Crippen LogP contribution in [0.25, 0.3) is 0 Å². The number of nitrogens with zero attached hydrogens (tertiary/aromatic N) is 1. The molecule has 2 aliphatic rings. The number of nitrogens with one attached hydrogen (secondary N) is 1. The molecular formula is C16H32N2. The SMILES string of the molecule is CC1(C)CCC(N2CCC(CNC(C)(C)C)C2)C1. The molecule has 1 aliphatic heterocycles. The highest BCUT2D eigenvalue weighted by Crippen LogP contribution is 2.40. The summed E-state index contributed by atoms with van der Waals surface area (Å²) in [6.45, 7) is 15.5. The predicted octanol–water partition coefficient (Wildman–Crippen LogP) is 3.28. The Labute approximate surface area is 114 Å². The van der Waals surface area contributed by atoms with Gasteiger partial charge in [-0.2, -0.15) is 0 Å². The van der Waals surface area contributed by atoms with Crippen molar-refractivity contribution in [2.75, 3.05) is 19.6 Å². The van der Waals surface area contributed by atoms with Crippen LogP contribution in [-0.4, -0.2) is 36.1 Å². The topological polar surface area (TPSA) is 15.3 Å². The Bertz CT molecular complexity index is 277. The zero-order valence-corrected chi connectivity index (χ0v) is 13.1. The molecule has 0 amide bonds. The van der Waals surface area contributed by atoms with Gasteiger partial charge in [-0.25, -0.2) is 0 Å². The monoisotopic (exact) mass is 252 g/mol.